The van der Waals surface area contributed by atoms with E-state index in [4.69, 9.17) is 0 Å². The number of amides is 1. The number of sulfonamides is 1. The molecular formula is C12H19N3O3S. The van der Waals surface area contributed by atoms with Gasteiger partial charge in [-0.15, -0.1) is 0 Å². The van der Waals surface area contributed by atoms with Gasteiger partial charge in [0.25, 0.3) is 0 Å². The number of aromatic nitrogens is 1. The number of nitrogens with one attached hydrogen (secondary N) is 1. The van der Waals surface area contributed by atoms with Crippen LogP contribution in [-0.2, 0) is 21.4 Å². The summed E-state index contributed by atoms with van der Waals surface area (Å²) in [4.78, 5) is 15.0. The lowest BCUT2D eigenvalue weighted by Crippen LogP contribution is -2.37. The maximum Gasteiger partial charge on any atom is 0.219 e. The number of carbonyl (C=O) groups is 1. The number of pyridine rings is 1. The van der Waals surface area contributed by atoms with E-state index >= 15 is 0 Å². The van der Waals surface area contributed by atoms with Crippen LogP contribution >= 0.6 is 0 Å². The summed E-state index contributed by atoms with van der Waals surface area (Å²) in [6.45, 7) is 2.60. The summed E-state index contributed by atoms with van der Waals surface area (Å²) in [6.07, 6.45) is 4.79. The summed E-state index contributed by atoms with van der Waals surface area (Å²) < 4.78 is 24.7. The van der Waals surface area contributed by atoms with Crippen molar-refractivity contribution >= 4 is 15.9 Å². The van der Waals surface area contributed by atoms with Crippen molar-refractivity contribution in [3.05, 3.63) is 30.1 Å². The monoisotopic (exact) mass is 285 g/mol. The first-order valence-corrected chi connectivity index (χ1v) is 7.89. The van der Waals surface area contributed by atoms with Crippen molar-refractivity contribution in [1.29, 1.82) is 0 Å². The second kappa shape index (κ2) is 7.20. The topological polar surface area (TPSA) is 79.4 Å². The minimum Gasteiger partial charge on any atom is -0.355 e. The fraction of sp³-hybridized carbons (Fsp3) is 0.500. The third-order valence-electron chi connectivity index (χ3n) is 2.58. The molecule has 0 saturated carbocycles. The molecule has 1 aromatic rings. The average Bonchev–Trinajstić information content (AvgIpc) is 2.37. The number of rotatable bonds is 7. The van der Waals surface area contributed by atoms with Crippen molar-refractivity contribution in [3.63, 3.8) is 0 Å². The van der Waals surface area contributed by atoms with Gasteiger partial charge in [-0.05, 0) is 17.7 Å². The number of carbonyl (C=O) groups excluding carboxylic acids is 1. The molecule has 6 nitrogen and oxygen atoms in total. The van der Waals surface area contributed by atoms with Crippen LogP contribution in [0.1, 0.15) is 18.9 Å². The van der Waals surface area contributed by atoms with Crippen LogP contribution in [0.15, 0.2) is 24.5 Å². The molecule has 1 aromatic heterocycles. The fourth-order valence-electron chi connectivity index (χ4n) is 1.50. The maximum atomic E-state index is 11.7. The summed E-state index contributed by atoms with van der Waals surface area (Å²) >= 11 is 0. The third kappa shape index (κ3) is 5.80. The van der Waals surface area contributed by atoms with Gasteiger partial charge in [-0.2, -0.15) is 4.31 Å². The molecule has 0 aliphatic rings. The van der Waals surface area contributed by atoms with Crippen LogP contribution < -0.4 is 5.32 Å². The Morgan fingerprint density at radius 3 is 2.53 bits per heavy atom. The van der Waals surface area contributed by atoms with E-state index in [9.17, 15) is 13.2 Å². The Labute approximate surface area is 113 Å². The van der Waals surface area contributed by atoms with E-state index in [1.165, 1.54) is 4.31 Å². The first kappa shape index (κ1) is 15.6. The minimum atomic E-state index is -3.31. The van der Waals surface area contributed by atoms with Gasteiger partial charge in [0.05, 0.1) is 6.26 Å². The summed E-state index contributed by atoms with van der Waals surface area (Å²) in [7, 11) is -3.31. The Balaban J connectivity index is 2.61. The van der Waals surface area contributed by atoms with E-state index in [0.29, 0.717) is 13.0 Å². The predicted octanol–water partition coefficient (Wildman–Crippen LogP) is 0.369. The highest BCUT2D eigenvalue weighted by molar-refractivity contribution is 7.88. The smallest absolute Gasteiger partial charge is 0.219 e. The molecule has 0 unspecified atom stereocenters. The molecule has 0 spiro atoms. The Kier molecular flexibility index (Phi) is 5.91. The SMILES string of the molecule is CCC(=O)NCCN(Cc1ccncc1)S(C)(=O)=O. The van der Waals surface area contributed by atoms with Crippen molar-refractivity contribution in [2.45, 2.75) is 19.9 Å². The molecule has 0 fully saturated rings. The van der Waals surface area contributed by atoms with Crippen LogP contribution in [-0.4, -0.2) is 43.0 Å². The highest BCUT2D eigenvalue weighted by atomic mass is 32.2. The maximum absolute atomic E-state index is 11.7. The number of nitrogens with zero attached hydrogens (tertiary/aromatic N) is 2. The Hall–Kier alpha value is -1.47. The van der Waals surface area contributed by atoms with Crippen LogP contribution in [0.5, 0.6) is 0 Å². The average molecular weight is 285 g/mol. The van der Waals surface area contributed by atoms with Gasteiger partial charge in [0.15, 0.2) is 0 Å². The molecule has 1 N–H and O–H groups in total. The molecule has 0 saturated heterocycles. The molecule has 0 aliphatic carbocycles. The third-order valence-corrected chi connectivity index (χ3v) is 3.83. The van der Waals surface area contributed by atoms with Gasteiger partial charge in [-0.1, -0.05) is 6.92 Å². The molecular weight excluding hydrogens is 266 g/mol. The van der Waals surface area contributed by atoms with Crippen LogP contribution in [0.25, 0.3) is 0 Å². The van der Waals surface area contributed by atoms with Crippen LogP contribution in [0.2, 0.25) is 0 Å². The van der Waals surface area contributed by atoms with E-state index < -0.39 is 10.0 Å². The minimum absolute atomic E-state index is 0.0858. The van der Waals surface area contributed by atoms with Crippen LogP contribution in [0.3, 0.4) is 0 Å². The second-order valence-electron chi connectivity index (χ2n) is 4.16. The van der Waals surface area contributed by atoms with Gasteiger partial charge >= 0.3 is 0 Å². The van der Waals surface area contributed by atoms with Crippen LogP contribution in [0.4, 0.5) is 0 Å². The molecule has 0 atom stereocenters. The number of hydrogen-bond acceptors (Lipinski definition) is 4. The highest BCUT2D eigenvalue weighted by Crippen LogP contribution is 2.06. The molecule has 0 aliphatic heterocycles. The highest BCUT2D eigenvalue weighted by Gasteiger charge is 2.16. The van der Waals surface area contributed by atoms with E-state index in [0.717, 1.165) is 11.8 Å². The number of hydrogen-bond donors (Lipinski definition) is 1. The standard InChI is InChI=1S/C12H19N3O3S/c1-3-12(16)14-8-9-15(19(2,17)18)10-11-4-6-13-7-5-11/h4-7H,3,8-10H2,1-2H3,(H,14,16). The molecule has 0 aromatic carbocycles. The summed E-state index contributed by atoms with van der Waals surface area (Å²) in [6, 6.07) is 3.53. The Morgan fingerprint density at radius 2 is 2.00 bits per heavy atom. The normalized spacial score (nSPS) is 11.5. The Morgan fingerprint density at radius 1 is 1.37 bits per heavy atom. The summed E-state index contributed by atoms with van der Waals surface area (Å²) in [5.41, 5.74) is 0.863. The zero-order chi connectivity index (χ0) is 14.3. The van der Waals surface area contributed by atoms with Crippen molar-refractivity contribution in [1.82, 2.24) is 14.6 Å². The molecule has 0 bridgehead atoms. The zero-order valence-corrected chi connectivity index (χ0v) is 12.0. The van der Waals surface area contributed by atoms with Crippen molar-refractivity contribution < 1.29 is 13.2 Å². The molecule has 19 heavy (non-hydrogen) atoms. The van der Waals surface area contributed by atoms with Crippen molar-refractivity contribution in [2.24, 2.45) is 0 Å². The molecule has 0 radical (unpaired) electrons. The van der Waals surface area contributed by atoms with Gasteiger partial charge in [-0.3, -0.25) is 9.78 Å². The molecule has 1 heterocycles. The van der Waals surface area contributed by atoms with Gasteiger partial charge in [0.1, 0.15) is 0 Å². The quantitative estimate of drug-likeness (QED) is 0.785. The fourth-order valence-corrected chi connectivity index (χ4v) is 2.31. The van der Waals surface area contributed by atoms with Gasteiger partial charge < -0.3 is 5.32 Å². The van der Waals surface area contributed by atoms with E-state index in [2.05, 4.69) is 10.3 Å². The summed E-state index contributed by atoms with van der Waals surface area (Å²) in [5, 5.41) is 2.66. The largest absolute Gasteiger partial charge is 0.355 e. The lowest BCUT2D eigenvalue weighted by molar-refractivity contribution is -0.120. The lowest BCUT2D eigenvalue weighted by Gasteiger charge is -2.20. The van der Waals surface area contributed by atoms with E-state index in [-0.39, 0.29) is 19.0 Å². The second-order valence-corrected chi connectivity index (χ2v) is 6.14. The van der Waals surface area contributed by atoms with E-state index in [1.807, 2.05) is 0 Å². The first-order chi connectivity index (χ1) is 8.93. The predicted molar refractivity (Wildman–Crippen MR) is 72.8 cm³/mol. The molecule has 106 valence electrons. The van der Waals surface area contributed by atoms with Crippen molar-refractivity contribution in [3.8, 4) is 0 Å². The van der Waals surface area contributed by atoms with Crippen molar-refractivity contribution in [2.75, 3.05) is 19.3 Å². The summed E-state index contributed by atoms with van der Waals surface area (Å²) in [5.74, 6) is -0.0858. The lowest BCUT2D eigenvalue weighted by atomic mass is 10.3. The van der Waals surface area contributed by atoms with Crippen LogP contribution in [0, 0.1) is 0 Å². The van der Waals surface area contributed by atoms with E-state index in [1.54, 1.807) is 31.5 Å². The first-order valence-electron chi connectivity index (χ1n) is 6.04. The van der Waals surface area contributed by atoms with Gasteiger partial charge in [0, 0.05) is 38.4 Å². The van der Waals surface area contributed by atoms with Gasteiger partial charge in [0.2, 0.25) is 15.9 Å². The van der Waals surface area contributed by atoms with Gasteiger partial charge in [-0.25, -0.2) is 8.42 Å². The molecule has 7 heteroatoms. The molecule has 1 amide bonds. The zero-order valence-electron chi connectivity index (χ0n) is 11.2. The molecule has 1 rings (SSSR count). The Bertz CT molecular complexity index is 502.